The van der Waals surface area contributed by atoms with Crippen molar-refractivity contribution in [2.24, 2.45) is 0 Å². The molecular weight excluding hydrogens is 579 g/mol. The van der Waals surface area contributed by atoms with Crippen LogP contribution >= 0.6 is 11.6 Å². The van der Waals surface area contributed by atoms with Gasteiger partial charge in [0.1, 0.15) is 18.4 Å². The summed E-state index contributed by atoms with van der Waals surface area (Å²) in [4.78, 5) is 29.5. The second-order valence-electron chi connectivity index (χ2n) is 10.6. The van der Waals surface area contributed by atoms with Crippen LogP contribution < -0.4 is 9.62 Å². The zero-order valence-corrected chi connectivity index (χ0v) is 25.3. The van der Waals surface area contributed by atoms with E-state index in [2.05, 4.69) is 5.32 Å². The van der Waals surface area contributed by atoms with Crippen molar-refractivity contribution in [3.63, 3.8) is 0 Å². The Morgan fingerprint density at radius 3 is 2.17 bits per heavy atom. The number of rotatable bonds is 12. The van der Waals surface area contributed by atoms with Crippen LogP contribution in [0.25, 0.3) is 0 Å². The number of carbonyl (C=O) groups excluding carboxylic acids is 2. The average molecular weight is 615 g/mol. The van der Waals surface area contributed by atoms with Crippen LogP contribution in [0.4, 0.5) is 10.1 Å². The Bertz CT molecular complexity index is 1470. The zero-order valence-electron chi connectivity index (χ0n) is 23.7. The predicted molar refractivity (Wildman–Crippen MR) is 163 cm³/mol. The minimum absolute atomic E-state index is 0.00675. The molecule has 0 spiro atoms. The lowest BCUT2D eigenvalue weighted by Crippen LogP contribution is -2.55. The maximum atomic E-state index is 14.9. The molecule has 2 amide bonds. The Morgan fingerprint density at radius 2 is 1.55 bits per heavy atom. The average Bonchev–Trinajstić information content (AvgIpc) is 3.48. The first-order valence-electron chi connectivity index (χ1n) is 13.9. The maximum absolute atomic E-state index is 14.9. The minimum Gasteiger partial charge on any atom is -0.352 e. The van der Waals surface area contributed by atoms with Crippen molar-refractivity contribution in [1.82, 2.24) is 14.5 Å². The summed E-state index contributed by atoms with van der Waals surface area (Å²) in [6.45, 7) is -0.699. The summed E-state index contributed by atoms with van der Waals surface area (Å²) in [5.74, 6) is -1.76. The van der Waals surface area contributed by atoms with E-state index in [-0.39, 0.29) is 30.6 Å². The summed E-state index contributed by atoms with van der Waals surface area (Å²) in [6, 6.07) is 20.6. The first-order chi connectivity index (χ1) is 20.1. The number of hydrogen-bond acceptors (Lipinski definition) is 4. The van der Waals surface area contributed by atoms with Gasteiger partial charge in [0.2, 0.25) is 11.8 Å². The molecule has 0 saturated heterocycles. The highest BCUT2D eigenvalue weighted by Crippen LogP contribution is 2.25. The zero-order chi connectivity index (χ0) is 30.3. The van der Waals surface area contributed by atoms with Gasteiger partial charge in [-0.2, -0.15) is 12.7 Å². The normalized spacial score (nSPS) is 14.5. The third-order valence-electron chi connectivity index (χ3n) is 7.38. The molecule has 4 rings (SSSR count). The van der Waals surface area contributed by atoms with Gasteiger partial charge in [0.25, 0.3) is 0 Å². The molecule has 0 heterocycles. The molecule has 11 heteroatoms. The van der Waals surface area contributed by atoms with Gasteiger partial charge in [-0.25, -0.2) is 8.70 Å². The molecule has 1 aliphatic carbocycles. The van der Waals surface area contributed by atoms with Gasteiger partial charge in [-0.1, -0.05) is 79.0 Å². The predicted octanol–water partition coefficient (Wildman–Crippen LogP) is 4.79. The lowest BCUT2D eigenvalue weighted by atomic mass is 10.0. The number of amides is 2. The summed E-state index contributed by atoms with van der Waals surface area (Å²) in [6.07, 6.45) is 3.95. The summed E-state index contributed by atoms with van der Waals surface area (Å²) < 4.78 is 43.4. The number of para-hydroxylation sites is 1. The third-order valence-corrected chi connectivity index (χ3v) is 9.44. The van der Waals surface area contributed by atoms with Gasteiger partial charge in [-0.3, -0.25) is 9.59 Å². The van der Waals surface area contributed by atoms with Crippen LogP contribution in [0.5, 0.6) is 0 Å². The lowest BCUT2D eigenvalue weighted by Gasteiger charge is -2.35. The van der Waals surface area contributed by atoms with Gasteiger partial charge in [0, 0.05) is 38.1 Å². The van der Waals surface area contributed by atoms with E-state index in [4.69, 9.17) is 11.6 Å². The monoisotopic (exact) mass is 614 g/mol. The summed E-state index contributed by atoms with van der Waals surface area (Å²) in [5.41, 5.74) is 1.28. The fourth-order valence-corrected chi connectivity index (χ4v) is 6.25. The molecule has 1 aliphatic rings. The molecule has 0 bridgehead atoms. The SMILES string of the molecule is CN(C)S(=O)(=O)N(CC(=O)N(Cc1ccc(Cl)cc1)[C@H](Cc1ccccc1)C(=O)NC1CCCC1)c1ccccc1F. The molecule has 224 valence electrons. The van der Waals surface area contributed by atoms with E-state index in [9.17, 15) is 22.4 Å². The van der Waals surface area contributed by atoms with Gasteiger partial charge in [-0.05, 0) is 48.2 Å². The number of hydrogen-bond donors (Lipinski definition) is 1. The second-order valence-corrected chi connectivity index (χ2v) is 13.1. The molecule has 0 aliphatic heterocycles. The van der Waals surface area contributed by atoms with Crippen LogP contribution in [0.3, 0.4) is 0 Å². The molecule has 1 atom stereocenters. The molecule has 3 aromatic carbocycles. The third kappa shape index (κ3) is 7.87. The van der Waals surface area contributed by atoms with Crippen molar-refractivity contribution in [2.75, 3.05) is 24.9 Å². The summed E-state index contributed by atoms with van der Waals surface area (Å²) >= 11 is 6.10. The quantitative estimate of drug-likeness (QED) is 0.318. The van der Waals surface area contributed by atoms with Crippen molar-refractivity contribution < 1.29 is 22.4 Å². The van der Waals surface area contributed by atoms with Crippen LogP contribution in [-0.4, -0.2) is 62.2 Å². The highest BCUT2D eigenvalue weighted by Gasteiger charge is 2.36. The molecule has 1 saturated carbocycles. The smallest absolute Gasteiger partial charge is 0.304 e. The van der Waals surface area contributed by atoms with E-state index in [1.165, 1.54) is 37.2 Å². The first kappa shape index (κ1) is 31.5. The van der Waals surface area contributed by atoms with Crippen LogP contribution in [0.1, 0.15) is 36.8 Å². The Morgan fingerprint density at radius 1 is 0.929 bits per heavy atom. The molecule has 42 heavy (non-hydrogen) atoms. The number of nitrogens with one attached hydrogen (secondary N) is 1. The van der Waals surface area contributed by atoms with Crippen LogP contribution in [0, 0.1) is 5.82 Å². The fraction of sp³-hybridized carbons (Fsp3) is 0.355. The number of nitrogens with zero attached hydrogens (tertiary/aromatic N) is 3. The molecule has 0 aromatic heterocycles. The van der Waals surface area contributed by atoms with Crippen LogP contribution in [0.15, 0.2) is 78.9 Å². The number of anilines is 1. The van der Waals surface area contributed by atoms with Crippen LogP contribution in [0.2, 0.25) is 5.02 Å². The molecule has 0 radical (unpaired) electrons. The Kier molecular flexibility index (Phi) is 10.6. The van der Waals surface area contributed by atoms with E-state index in [0.717, 1.165) is 45.9 Å². The molecule has 8 nitrogen and oxygen atoms in total. The molecule has 1 fully saturated rings. The molecular formula is C31H36ClFN4O4S. The van der Waals surface area contributed by atoms with E-state index < -0.39 is 34.5 Å². The topological polar surface area (TPSA) is 90.0 Å². The van der Waals surface area contributed by atoms with E-state index in [0.29, 0.717) is 10.6 Å². The fourth-order valence-electron chi connectivity index (χ4n) is 5.06. The summed E-state index contributed by atoms with van der Waals surface area (Å²) in [7, 11) is -1.66. The minimum atomic E-state index is -4.28. The number of halogens is 2. The number of carbonyl (C=O) groups is 2. The van der Waals surface area contributed by atoms with Crippen molar-refractivity contribution in [1.29, 1.82) is 0 Å². The standard InChI is InChI=1S/C31H36ClFN4O4S/c1-35(2)42(40,41)37(28-15-9-8-14-27(28)33)22-30(38)36(21-24-16-18-25(32)19-17-24)29(20-23-10-4-3-5-11-23)31(39)34-26-12-6-7-13-26/h3-5,8-11,14-19,26,29H,6-7,12-13,20-22H2,1-2H3,(H,34,39)/t29-/m1/s1. The Balaban J connectivity index is 1.76. The van der Waals surface area contributed by atoms with E-state index in [1.807, 2.05) is 30.3 Å². The van der Waals surface area contributed by atoms with Crippen molar-refractivity contribution >= 4 is 39.3 Å². The number of benzene rings is 3. The van der Waals surface area contributed by atoms with Crippen molar-refractivity contribution in [2.45, 2.75) is 50.7 Å². The van der Waals surface area contributed by atoms with E-state index >= 15 is 0 Å². The van der Waals surface area contributed by atoms with Gasteiger partial charge < -0.3 is 10.2 Å². The lowest BCUT2D eigenvalue weighted by molar-refractivity contribution is -0.140. The first-order valence-corrected chi connectivity index (χ1v) is 15.7. The highest BCUT2D eigenvalue weighted by molar-refractivity contribution is 7.90. The Hall–Kier alpha value is -3.47. The highest BCUT2D eigenvalue weighted by atomic mass is 35.5. The van der Waals surface area contributed by atoms with Crippen molar-refractivity contribution in [3.8, 4) is 0 Å². The molecule has 0 unspecified atom stereocenters. The molecule has 3 aromatic rings. The molecule has 1 N–H and O–H groups in total. The van der Waals surface area contributed by atoms with Gasteiger partial charge >= 0.3 is 10.2 Å². The maximum Gasteiger partial charge on any atom is 0.304 e. The summed E-state index contributed by atoms with van der Waals surface area (Å²) in [5, 5.41) is 3.63. The largest absolute Gasteiger partial charge is 0.352 e. The van der Waals surface area contributed by atoms with Crippen LogP contribution in [-0.2, 0) is 32.8 Å². The van der Waals surface area contributed by atoms with Crippen molar-refractivity contribution in [3.05, 3.63) is 101 Å². The van der Waals surface area contributed by atoms with E-state index in [1.54, 1.807) is 24.3 Å². The van der Waals surface area contributed by atoms with Gasteiger partial charge in [0.05, 0.1) is 5.69 Å². The Labute approximate surface area is 252 Å². The second kappa shape index (κ2) is 14.1. The van der Waals surface area contributed by atoms with Gasteiger partial charge in [-0.15, -0.1) is 0 Å². The van der Waals surface area contributed by atoms with Gasteiger partial charge in [0.15, 0.2) is 0 Å².